The number of aryl methyl sites for hydroxylation is 1. The summed E-state index contributed by atoms with van der Waals surface area (Å²) in [5.74, 6) is -0.901. The molecule has 0 fully saturated rings. The van der Waals surface area contributed by atoms with Crippen LogP contribution in [0.3, 0.4) is 0 Å². The molecular formula is C16H15F2NO2. The van der Waals surface area contributed by atoms with Gasteiger partial charge in [-0.15, -0.1) is 0 Å². The Hall–Kier alpha value is -2.43. The molecule has 0 bridgehead atoms. The fraction of sp³-hybridized carbons (Fsp3) is 0.188. The second-order valence-electron chi connectivity index (χ2n) is 4.67. The van der Waals surface area contributed by atoms with E-state index < -0.39 is 11.6 Å². The van der Waals surface area contributed by atoms with Crippen molar-refractivity contribution in [3.8, 4) is 5.75 Å². The van der Waals surface area contributed by atoms with Crippen molar-refractivity contribution in [2.45, 2.75) is 20.5 Å². The van der Waals surface area contributed by atoms with Crippen LogP contribution < -0.4 is 4.74 Å². The number of hydrogen-bond donors (Lipinski definition) is 1. The van der Waals surface area contributed by atoms with Gasteiger partial charge in [-0.1, -0.05) is 17.3 Å². The number of oxime groups is 1. The van der Waals surface area contributed by atoms with Gasteiger partial charge < -0.3 is 9.94 Å². The van der Waals surface area contributed by atoms with Gasteiger partial charge in [0.25, 0.3) is 0 Å². The van der Waals surface area contributed by atoms with Crippen molar-refractivity contribution in [3.05, 3.63) is 64.7 Å². The molecule has 0 saturated carbocycles. The van der Waals surface area contributed by atoms with E-state index in [1.54, 1.807) is 19.1 Å². The smallest absolute Gasteiger partial charge is 0.132 e. The van der Waals surface area contributed by atoms with Crippen LogP contribution in [0.25, 0.3) is 0 Å². The van der Waals surface area contributed by atoms with E-state index in [1.807, 2.05) is 13.0 Å². The Morgan fingerprint density at radius 1 is 1.19 bits per heavy atom. The predicted octanol–water partition coefficient (Wildman–Crippen LogP) is 4.05. The predicted molar refractivity (Wildman–Crippen MR) is 75.9 cm³/mol. The highest BCUT2D eigenvalue weighted by Crippen LogP contribution is 2.23. The SMILES string of the molecule is C/C(=N/O)c1ccc(C)cc1OCc1c(F)cccc1F. The summed E-state index contributed by atoms with van der Waals surface area (Å²) in [5.41, 5.74) is 1.72. The maximum atomic E-state index is 13.6. The summed E-state index contributed by atoms with van der Waals surface area (Å²) < 4.78 is 32.7. The minimum absolute atomic E-state index is 0.136. The quantitative estimate of drug-likeness (QED) is 0.524. The Bertz CT molecular complexity index is 664. The van der Waals surface area contributed by atoms with Gasteiger partial charge in [-0.05, 0) is 43.7 Å². The van der Waals surface area contributed by atoms with E-state index in [-0.39, 0.29) is 12.2 Å². The summed E-state index contributed by atoms with van der Waals surface area (Å²) in [6.45, 7) is 3.24. The Morgan fingerprint density at radius 2 is 1.86 bits per heavy atom. The molecule has 5 heteroatoms. The summed E-state index contributed by atoms with van der Waals surface area (Å²) in [6.07, 6.45) is 0. The maximum absolute atomic E-state index is 13.6. The lowest BCUT2D eigenvalue weighted by Gasteiger charge is -2.12. The fourth-order valence-electron chi connectivity index (χ4n) is 1.92. The molecule has 0 unspecified atom stereocenters. The number of halogens is 2. The highest BCUT2D eigenvalue weighted by molar-refractivity contribution is 6.00. The molecule has 0 aliphatic rings. The van der Waals surface area contributed by atoms with E-state index in [0.29, 0.717) is 17.0 Å². The molecule has 0 radical (unpaired) electrons. The van der Waals surface area contributed by atoms with Crippen LogP contribution in [0.15, 0.2) is 41.6 Å². The second-order valence-corrected chi connectivity index (χ2v) is 4.67. The van der Waals surface area contributed by atoms with Crippen molar-refractivity contribution >= 4 is 5.71 Å². The van der Waals surface area contributed by atoms with E-state index in [4.69, 9.17) is 9.94 Å². The van der Waals surface area contributed by atoms with Gasteiger partial charge in [0.1, 0.15) is 24.0 Å². The zero-order valence-corrected chi connectivity index (χ0v) is 11.7. The largest absolute Gasteiger partial charge is 0.488 e. The van der Waals surface area contributed by atoms with E-state index in [9.17, 15) is 8.78 Å². The van der Waals surface area contributed by atoms with Gasteiger partial charge in [0.15, 0.2) is 0 Å². The van der Waals surface area contributed by atoms with E-state index in [1.165, 1.54) is 18.2 Å². The summed E-state index contributed by atoms with van der Waals surface area (Å²) in [5, 5.41) is 12.0. The topological polar surface area (TPSA) is 41.8 Å². The van der Waals surface area contributed by atoms with Gasteiger partial charge in [-0.25, -0.2) is 8.78 Å². The average Bonchev–Trinajstić information content (AvgIpc) is 2.46. The molecular weight excluding hydrogens is 276 g/mol. The summed E-state index contributed by atoms with van der Waals surface area (Å²) in [7, 11) is 0. The van der Waals surface area contributed by atoms with E-state index in [0.717, 1.165) is 5.56 Å². The molecule has 0 aliphatic heterocycles. The lowest BCUT2D eigenvalue weighted by atomic mass is 10.1. The van der Waals surface area contributed by atoms with Gasteiger partial charge >= 0.3 is 0 Å². The molecule has 0 atom stereocenters. The molecule has 3 nitrogen and oxygen atoms in total. The molecule has 0 aliphatic carbocycles. The van der Waals surface area contributed by atoms with Crippen LogP contribution in [0.5, 0.6) is 5.75 Å². The number of benzene rings is 2. The van der Waals surface area contributed by atoms with E-state index in [2.05, 4.69) is 5.16 Å². The van der Waals surface area contributed by atoms with Crippen molar-refractivity contribution < 1.29 is 18.7 Å². The third-order valence-corrected chi connectivity index (χ3v) is 3.11. The van der Waals surface area contributed by atoms with Crippen molar-refractivity contribution in [2.24, 2.45) is 5.16 Å². The lowest BCUT2D eigenvalue weighted by molar-refractivity contribution is 0.290. The van der Waals surface area contributed by atoms with Crippen molar-refractivity contribution in [3.63, 3.8) is 0 Å². The Labute approximate surface area is 121 Å². The van der Waals surface area contributed by atoms with Gasteiger partial charge in [-0.3, -0.25) is 0 Å². The number of nitrogens with zero attached hydrogens (tertiary/aromatic N) is 1. The van der Waals surface area contributed by atoms with Crippen molar-refractivity contribution in [2.75, 3.05) is 0 Å². The monoisotopic (exact) mass is 291 g/mol. The van der Waals surface area contributed by atoms with Crippen molar-refractivity contribution in [1.82, 2.24) is 0 Å². The van der Waals surface area contributed by atoms with Crippen LogP contribution in [0.4, 0.5) is 8.78 Å². The molecule has 2 rings (SSSR count). The van der Waals surface area contributed by atoms with Crippen LogP contribution in [-0.4, -0.2) is 10.9 Å². The van der Waals surface area contributed by atoms with Gasteiger partial charge in [0.05, 0.1) is 11.3 Å². The first-order valence-corrected chi connectivity index (χ1v) is 6.38. The average molecular weight is 291 g/mol. The Balaban J connectivity index is 2.30. The van der Waals surface area contributed by atoms with Gasteiger partial charge in [-0.2, -0.15) is 0 Å². The Kier molecular flexibility index (Phi) is 4.52. The summed E-state index contributed by atoms with van der Waals surface area (Å²) in [4.78, 5) is 0. The molecule has 0 aromatic heterocycles. The summed E-state index contributed by atoms with van der Waals surface area (Å²) >= 11 is 0. The molecule has 0 spiro atoms. The minimum Gasteiger partial charge on any atom is -0.488 e. The molecule has 2 aromatic rings. The van der Waals surface area contributed by atoms with Crippen LogP contribution in [0, 0.1) is 18.6 Å². The first-order valence-electron chi connectivity index (χ1n) is 6.38. The normalized spacial score (nSPS) is 11.5. The number of hydrogen-bond acceptors (Lipinski definition) is 3. The van der Waals surface area contributed by atoms with Crippen LogP contribution in [0.2, 0.25) is 0 Å². The molecule has 1 N–H and O–H groups in total. The maximum Gasteiger partial charge on any atom is 0.132 e. The van der Waals surface area contributed by atoms with Crippen molar-refractivity contribution in [1.29, 1.82) is 0 Å². The number of ether oxygens (including phenoxy) is 1. The van der Waals surface area contributed by atoms with Crippen LogP contribution in [0.1, 0.15) is 23.6 Å². The minimum atomic E-state index is -0.656. The zero-order valence-electron chi connectivity index (χ0n) is 11.7. The van der Waals surface area contributed by atoms with Gasteiger partial charge in [0.2, 0.25) is 0 Å². The molecule has 0 saturated heterocycles. The zero-order chi connectivity index (χ0) is 15.4. The molecule has 110 valence electrons. The highest BCUT2D eigenvalue weighted by Gasteiger charge is 2.12. The Morgan fingerprint density at radius 3 is 2.48 bits per heavy atom. The van der Waals surface area contributed by atoms with Crippen LogP contribution in [-0.2, 0) is 6.61 Å². The van der Waals surface area contributed by atoms with E-state index >= 15 is 0 Å². The summed E-state index contributed by atoms with van der Waals surface area (Å²) in [6, 6.07) is 8.95. The third kappa shape index (κ3) is 3.37. The number of rotatable bonds is 4. The molecule has 0 heterocycles. The second kappa shape index (κ2) is 6.35. The lowest BCUT2D eigenvalue weighted by Crippen LogP contribution is -2.05. The highest BCUT2D eigenvalue weighted by atomic mass is 19.1. The first kappa shape index (κ1) is 15.0. The molecule has 21 heavy (non-hydrogen) atoms. The standard InChI is InChI=1S/C16H15F2NO2/c1-10-6-7-12(11(2)19-20)16(8-10)21-9-13-14(17)4-3-5-15(13)18/h3-8,20H,9H2,1-2H3/b19-11-. The molecule has 2 aromatic carbocycles. The molecule has 0 amide bonds. The van der Waals surface area contributed by atoms with Gasteiger partial charge in [0, 0.05) is 5.56 Å². The fourth-order valence-corrected chi connectivity index (χ4v) is 1.92. The third-order valence-electron chi connectivity index (χ3n) is 3.11. The van der Waals surface area contributed by atoms with Crippen LogP contribution >= 0.6 is 0 Å². The first-order chi connectivity index (χ1) is 10.0.